The zero-order chi connectivity index (χ0) is 35.2. The third-order valence-electron chi connectivity index (χ3n) is 7.34. The van der Waals surface area contributed by atoms with Gasteiger partial charge >= 0.3 is 12.3 Å². The molecular weight excluding hydrogens is 711 g/mol. The summed E-state index contributed by atoms with van der Waals surface area (Å²) in [6.07, 6.45) is -6.03. The number of halogens is 4. The third kappa shape index (κ3) is 8.57. The van der Waals surface area contributed by atoms with Crippen molar-refractivity contribution in [1.82, 2.24) is 14.9 Å². The fourth-order valence-electron chi connectivity index (χ4n) is 5.27. The minimum absolute atomic E-state index is 0.0904. The van der Waals surface area contributed by atoms with Gasteiger partial charge in [-0.25, -0.2) is 13.2 Å². The van der Waals surface area contributed by atoms with Gasteiger partial charge in [-0.3, -0.25) is 4.79 Å². The maximum atomic E-state index is 14.7. The minimum Gasteiger partial charge on any atom is -0.453 e. The molecule has 0 saturated carbocycles. The van der Waals surface area contributed by atoms with Crippen LogP contribution in [0.15, 0.2) is 89.1 Å². The number of methoxy groups -OCH3 is 1. The summed E-state index contributed by atoms with van der Waals surface area (Å²) in [5, 5.41) is 14.8. The van der Waals surface area contributed by atoms with Crippen molar-refractivity contribution < 1.29 is 41.0 Å². The number of hydrogen-bond donors (Lipinski definition) is 3. The molecule has 4 rings (SSSR count). The average molecular weight is 744 g/mol. The summed E-state index contributed by atoms with van der Waals surface area (Å²) >= 11 is 7.38. The molecule has 0 aliphatic rings. The van der Waals surface area contributed by atoms with Crippen LogP contribution in [0.5, 0.6) is 0 Å². The Bertz CT molecular complexity index is 1750. The van der Waals surface area contributed by atoms with Gasteiger partial charge in [0.15, 0.2) is 6.04 Å². The molecule has 9 nitrogen and oxygen atoms in total. The van der Waals surface area contributed by atoms with Crippen LogP contribution < -0.4 is 10.6 Å². The van der Waals surface area contributed by atoms with E-state index >= 15 is 0 Å². The molecule has 2 aromatic heterocycles. The molecule has 0 fully saturated rings. The quantitative estimate of drug-likeness (QED) is 0.137. The summed E-state index contributed by atoms with van der Waals surface area (Å²) < 4.78 is 77.2. The largest absolute Gasteiger partial charge is 0.453 e. The Kier molecular flexibility index (Phi) is 12.3. The summed E-state index contributed by atoms with van der Waals surface area (Å²) in [4.78, 5) is 26.1. The van der Waals surface area contributed by atoms with E-state index in [-0.39, 0.29) is 18.3 Å². The van der Waals surface area contributed by atoms with Gasteiger partial charge < -0.3 is 20.5 Å². The van der Waals surface area contributed by atoms with Gasteiger partial charge in [-0.2, -0.15) is 17.5 Å². The predicted molar refractivity (Wildman–Crippen MR) is 179 cm³/mol. The number of alkyl carbamates (subject to hydrolysis) is 1. The number of amides is 2. The molecule has 2 amide bonds. The second kappa shape index (κ2) is 15.8. The molecule has 3 N–H and O–H groups in total. The van der Waals surface area contributed by atoms with Gasteiger partial charge in [0, 0.05) is 21.7 Å². The first-order chi connectivity index (χ1) is 22.7. The van der Waals surface area contributed by atoms with Crippen LogP contribution >= 0.6 is 34.3 Å². The third-order valence-corrected chi connectivity index (χ3v) is 12.4. The highest BCUT2D eigenvalue weighted by Gasteiger charge is 2.46. The number of carbonyl (C=O) groups excluding carboxylic acids is 2. The Labute approximate surface area is 289 Å². The Morgan fingerprint density at radius 1 is 0.896 bits per heavy atom. The van der Waals surface area contributed by atoms with Gasteiger partial charge in [0.05, 0.1) is 24.1 Å². The number of ether oxygens (including phenoxy) is 1. The molecule has 3 atom stereocenters. The summed E-state index contributed by atoms with van der Waals surface area (Å²) in [5.74, 6) is -2.05. The molecule has 0 aliphatic heterocycles. The van der Waals surface area contributed by atoms with Gasteiger partial charge in [0.2, 0.25) is 5.91 Å². The van der Waals surface area contributed by atoms with E-state index in [2.05, 4.69) is 10.6 Å². The molecule has 2 aromatic carbocycles. The van der Waals surface area contributed by atoms with Gasteiger partial charge in [0.25, 0.3) is 10.0 Å². The normalized spacial score (nSPS) is 14.1. The van der Waals surface area contributed by atoms with Crippen molar-refractivity contribution in [2.75, 3.05) is 13.7 Å². The number of rotatable bonds is 13. The fraction of sp³-hybridized carbons (Fsp3) is 0.312. The number of aliphatic hydroxyl groups excluding tert-OH is 1. The highest BCUT2D eigenvalue weighted by Crippen LogP contribution is 2.41. The van der Waals surface area contributed by atoms with Crippen molar-refractivity contribution >= 4 is 56.3 Å². The Morgan fingerprint density at radius 2 is 1.46 bits per heavy atom. The van der Waals surface area contributed by atoms with E-state index in [4.69, 9.17) is 16.3 Å². The molecule has 16 heteroatoms. The van der Waals surface area contributed by atoms with Crippen LogP contribution in [0.25, 0.3) is 0 Å². The van der Waals surface area contributed by atoms with Crippen LogP contribution in [0.2, 0.25) is 4.34 Å². The Hall–Kier alpha value is -3.47. The van der Waals surface area contributed by atoms with Crippen molar-refractivity contribution in [3.8, 4) is 0 Å². The van der Waals surface area contributed by atoms with Crippen LogP contribution in [0, 0.1) is 0 Å². The zero-order valence-corrected chi connectivity index (χ0v) is 29.1. The Balaban J connectivity index is 1.73. The number of nitrogens with one attached hydrogen (secondary N) is 2. The molecule has 0 radical (unpaired) electrons. The lowest BCUT2D eigenvalue weighted by Crippen LogP contribution is -2.52. The number of nitrogens with zero attached hydrogens (tertiary/aromatic N) is 1. The summed E-state index contributed by atoms with van der Waals surface area (Å²) in [6.45, 7) is 2.42. The van der Waals surface area contributed by atoms with Crippen LogP contribution in [-0.2, 0) is 19.6 Å². The molecule has 4 aromatic rings. The van der Waals surface area contributed by atoms with E-state index in [0.29, 0.717) is 22.5 Å². The first kappa shape index (κ1) is 37.4. The minimum atomic E-state index is -5.01. The first-order valence-electron chi connectivity index (χ1n) is 14.5. The van der Waals surface area contributed by atoms with Crippen LogP contribution in [0.1, 0.15) is 52.7 Å². The topological polar surface area (TPSA) is 125 Å². The van der Waals surface area contributed by atoms with Gasteiger partial charge in [0.1, 0.15) is 10.3 Å². The van der Waals surface area contributed by atoms with Crippen molar-refractivity contribution in [2.24, 2.45) is 0 Å². The molecule has 0 saturated heterocycles. The number of alkyl halides is 3. The van der Waals surface area contributed by atoms with Gasteiger partial charge in [-0.15, -0.1) is 22.7 Å². The molecule has 258 valence electrons. The van der Waals surface area contributed by atoms with Crippen molar-refractivity contribution in [2.45, 2.75) is 54.3 Å². The zero-order valence-electron chi connectivity index (χ0n) is 25.8. The predicted octanol–water partition coefficient (Wildman–Crippen LogP) is 6.87. The van der Waals surface area contributed by atoms with E-state index in [1.54, 1.807) is 74.5 Å². The smallest absolute Gasteiger partial charge is 0.413 e. The van der Waals surface area contributed by atoms with Crippen molar-refractivity contribution in [3.63, 3.8) is 0 Å². The second-order valence-electron chi connectivity index (χ2n) is 10.8. The number of aliphatic hydroxyl groups is 1. The lowest BCUT2D eigenvalue weighted by molar-refractivity contribution is -0.163. The average Bonchev–Trinajstić information content (AvgIpc) is 3.72. The summed E-state index contributed by atoms with van der Waals surface area (Å²) in [5.41, 5.74) is 1.10. The van der Waals surface area contributed by atoms with Gasteiger partial charge in [-0.1, -0.05) is 72.3 Å². The molecule has 2 heterocycles. The SMILES string of the molecule is COC(=O)N[C@H](C(=O)N[C@H](c1ccc([C@@H](CO)N(C(C)C)S(=O)(=O)c2ccc(Cl)s2)s1)C(F)(F)F)C(c1ccccc1)c1ccccc1. The van der Waals surface area contributed by atoms with Crippen molar-refractivity contribution in [3.05, 3.63) is 110 Å². The number of benzene rings is 2. The molecule has 0 aliphatic carbocycles. The maximum absolute atomic E-state index is 14.7. The number of hydrogen-bond acceptors (Lipinski definition) is 8. The number of thiophene rings is 2. The summed E-state index contributed by atoms with van der Waals surface area (Å²) in [6, 6.07) is 16.2. The van der Waals surface area contributed by atoms with Crippen LogP contribution in [-0.4, -0.2) is 61.8 Å². The highest BCUT2D eigenvalue weighted by atomic mass is 35.5. The highest BCUT2D eigenvalue weighted by molar-refractivity contribution is 7.91. The lowest BCUT2D eigenvalue weighted by atomic mass is 9.84. The van der Waals surface area contributed by atoms with E-state index in [0.717, 1.165) is 28.8 Å². The van der Waals surface area contributed by atoms with E-state index < -0.39 is 64.9 Å². The standard InChI is InChI=1S/C32H33ClF3N3O6S3/c1-19(2)39(48(43,44)26-17-16-25(33)47-26)22(18-40)23-14-15-24(46-23)29(32(34,35)36)38-30(41)28(37-31(42)45-3)27(20-10-6-4-7-11-20)21-12-8-5-9-13-21/h4-17,19,22,27-29,40H,18H2,1-3H3,(H,37,42)(H,38,41)/t22-,28+,29-/m1/s1. The number of carbonyl (C=O) groups is 2. The van der Waals surface area contributed by atoms with Gasteiger partial charge in [-0.05, 0) is 49.2 Å². The monoisotopic (exact) mass is 743 g/mol. The summed E-state index contributed by atoms with van der Waals surface area (Å²) in [7, 11) is -3.14. The van der Waals surface area contributed by atoms with Crippen molar-refractivity contribution in [1.29, 1.82) is 0 Å². The van der Waals surface area contributed by atoms with E-state index in [1.165, 1.54) is 18.2 Å². The number of sulfonamides is 1. The maximum Gasteiger partial charge on any atom is 0.413 e. The molecule has 0 bridgehead atoms. The lowest BCUT2D eigenvalue weighted by Gasteiger charge is -2.32. The first-order valence-corrected chi connectivity index (χ1v) is 17.9. The van der Waals surface area contributed by atoms with Crippen LogP contribution in [0.3, 0.4) is 0 Å². The molecular formula is C32H33ClF3N3O6S3. The van der Waals surface area contributed by atoms with E-state index in [9.17, 15) is 36.3 Å². The Morgan fingerprint density at radius 3 is 1.92 bits per heavy atom. The fourth-order valence-corrected chi connectivity index (χ4v) is 9.90. The van der Waals surface area contributed by atoms with E-state index in [1.807, 2.05) is 0 Å². The molecule has 48 heavy (non-hydrogen) atoms. The van der Waals surface area contributed by atoms with Crippen LogP contribution in [0.4, 0.5) is 18.0 Å². The molecule has 0 unspecified atom stereocenters. The molecule has 0 spiro atoms. The second-order valence-corrected chi connectivity index (χ2v) is 15.8.